The van der Waals surface area contributed by atoms with Gasteiger partial charge in [0, 0.05) is 40.4 Å². The molecule has 0 saturated heterocycles. The van der Waals surface area contributed by atoms with Crippen molar-refractivity contribution in [1.29, 1.82) is 0 Å². The zero-order chi connectivity index (χ0) is 40.5. The minimum absolute atomic E-state index is 0. The summed E-state index contributed by atoms with van der Waals surface area (Å²) in [6, 6.07) is 28.6. The van der Waals surface area contributed by atoms with Crippen LogP contribution in [0.4, 0.5) is 0 Å². The Labute approximate surface area is 356 Å². The first kappa shape index (κ1) is 42.6. The van der Waals surface area contributed by atoms with Crippen molar-refractivity contribution >= 4 is 21.8 Å². The maximum absolute atomic E-state index is 6.77. The van der Waals surface area contributed by atoms with Gasteiger partial charge in [0.15, 0.2) is 0 Å². The Morgan fingerprint density at radius 1 is 0.842 bits per heavy atom. The molecule has 0 N–H and O–H groups in total. The molecule has 1 aliphatic rings. The fraction of sp³-hybridized carbons (Fsp3) is 0.451. The van der Waals surface area contributed by atoms with Crippen LogP contribution in [0.2, 0.25) is 0 Å². The van der Waals surface area contributed by atoms with Crippen LogP contribution in [0.3, 0.4) is 0 Å². The van der Waals surface area contributed by atoms with Gasteiger partial charge in [-0.1, -0.05) is 118 Å². The topological polar surface area (TPSA) is 44.9 Å². The van der Waals surface area contributed by atoms with Gasteiger partial charge < -0.3 is 9.30 Å². The Bertz CT molecular complexity index is 2440. The van der Waals surface area contributed by atoms with Crippen molar-refractivity contribution in [3.05, 3.63) is 119 Å². The molecule has 0 fully saturated rings. The number of fused-ring (bicyclic) bond motifs is 3. The summed E-state index contributed by atoms with van der Waals surface area (Å²) in [6.45, 7) is 32.6. The molecule has 3 aromatic carbocycles. The summed E-state index contributed by atoms with van der Waals surface area (Å²) in [5.41, 5.74) is 10.5. The zero-order valence-corrected chi connectivity index (χ0v) is 38.9. The van der Waals surface area contributed by atoms with Crippen molar-refractivity contribution in [2.24, 2.45) is 28.6 Å². The average Bonchev–Trinajstić information content (AvgIpc) is 3.62. The molecule has 5 nitrogen and oxygen atoms in total. The molecule has 0 radical (unpaired) electrons. The van der Waals surface area contributed by atoms with Crippen LogP contribution in [0.5, 0.6) is 11.5 Å². The van der Waals surface area contributed by atoms with Crippen LogP contribution in [0.15, 0.2) is 78.5 Å². The third-order valence-corrected chi connectivity index (χ3v) is 12.3. The van der Waals surface area contributed by atoms with Crippen molar-refractivity contribution in [1.82, 2.24) is 19.3 Å². The van der Waals surface area contributed by atoms with E-state index in [4.69, 9.17) is 14.8 Å². The van der Waals surface area contributed by atoms with Gasteiger partial charge >= 0.3 is 21.1 Å². The fourth-order valence-electron chi connectivity index (χ4n) is 9.00. The second kappa shape index (κ2) is 15.7. The van der Waals surface area contributed by atoms with Gasteiger partial charge in [-0.05, 0) is 95.5 Å². The van der Waals surface area contributed by atoms with Crippen LogP contribution < -0.4 is 4.74 Å². The van der Waals surface area contributed by atoms with Crippen LogP contribution in [0.1, 0.15) is 124 Å². The molecule has 0 spiro atoms. The van der Waals surface area contributed by atoms with E-state index >= 15 is 0 Å². The number of ether oxygens (including phenoxy) is 1. The molecule has 3 atom stereocenters. The molecular weight excluding hydrogens is 880 g/mol. The molecular formula is C51H62N4OPt. The second-order valence-electron chi connectivity index (χ2n) is 19.7. The second-order valence-corrected chi connectivity index (χ2v) is 19.7. The smallest absolute Gasteiger partial charge is 0.509 e. The van der Waals surface area contributed by atoms with Crippen molar-refractivity contribution in [3.63, 3.8) is 0 Å². The van der Waals surface area contributed by atoms with Gasteiger partial charge in [-0.2, -0.15) is 11.2 Å². The minimum Gasteiger partial charge on any atom is -0.509 e. The number of hydrogen-bond donors (Lipinski definition) is 0. The first-order chi connectivity index (χ1) is 26.3. The van der Waals surface area contributed by atoms with Gasteiger partial charge in [0.05, 0.1) is 5.69 Å². The number of hydrogen-bond acceptors (Lipinski definition) is 3. The van der Waals surface area contributed by atoms with E-state index in [2.05, 4.69) is 179 Å². The Morgan fingerprint density at radius 2 is 1.56 bits per heavy atom. The molecule has 0 bridgehead atoms. The van der Waals surface area contributed by atoms with Crippen LogP contribution in [0, 0.1) is 54.6 Å². The van der Waals surface area contributed by atoms with Gasteiger partial charge in [-0.15, -0.1) is 41.3 Å². The largest absolute Gasteiger partial charge is 2.00 e. The van der Waals surface area contributed by atoms with E-state index in [0.29, 0.717) is 29.3 Å². The van der Waals surface area contributed by atoms with E-state index in [0.717, 1.165) is 51.0 Å². The first-order valence-electron chi connectivity index (χ1n) is 20.7. The number of aromatic nitrogens is 4. The molecule has 0 aliphatic heterocycles. The van der Waals surface area contributed by atoms with Crippen molar-refractivity contribution in [2.75, 3.05) is 0 Å². The summed E-state index contributed by atoms with van der Waals surface area (Å²) < 4.78 is 11.1. The molecule has 7 rings (SSSR count). The SMILES string of the molecule is CCc1ccnc(-n2c3[c-]c(Oc4[c-]c(-n5nc(C)c(C6C(C(C)(C)C)=C[C@H](C(C)C)C[C@@H]6C(C)(C)C)c5C)cc(C(C)(C)C)c4)ccc3c3ccccc32)c1.[Pt+2]. The van der Waals surface area contributed by atoms with Gasteiger partial charge in [0.25, 0.3) is 0 Å². The van der Waals surface area contributed by atoms with Crippen LogP contribution in [-0.2, 0) is 32.9 Å². The summed E-state index contributed by atoms with van der Waals surface area (Å²) in [5.74, 6) is 4.07. The Balaban J connectivity index is 0.00000549. The zero-order valence-electron chi connectivity index (χ0n) is 36.7. The molecule has 1 aliphatic carbocycles. The molecule has 6 heteroatoms. The van der Waals surface area contributed by atoms with E-state index in [-0.39, 0.29) is 43.2 Å². The third-order valence-electron chi connectivity index (χ3n) is 12.3. The molecule has 1 unspecified atom stereocenters. The molecule has 0 amide bonds. The Morgan fingerprint density at radius 3 is 2.21 bits per heavy atom. The van der Waals surface area contributed by atoms with E-state index in [1.807, 2.05) is 12.3 Å². The number of para-hydroxylation sites is 1. The summed E-state index contributed by atoms with van der Waals surface area (Å²) in [5, 5.41) is 7.59. The number of rotatable bonds is 7. The number of allylic oxidation sites excluding steroid dienone is 2. The van der Waals surface area contributed by atoms with Gasteiger partial charge in [-0.25, -0.2) is 4.98 Å². The monoisotopic (exact) mass is 941 g/mol. The van der Waals surface area contributed by atoms with Crippen molar-refractivity contribution < 1.29 is 25.8 Å². The minimum atomic E-state index is -0.133. The predicted octanol–water partition coefficient (Wildman–Crippen LogP) is 13.6. The molecule has 302 valence electrons. The Kier molecular flexibility index (Phi) is 11.7. The maximum atomic E-state index is 6.77. The standard InChI is InChI=1S/C51H62N4O.Pt/c1-15-34-22-23-52-46(24-34)54-44-19-17-16-18-40(44)41-21-20-38(30-45(41)54)56-39-28-36(49(6,7)8)27-37(29-39)55-33(5)47(32(4)53-55)48-42(50(9,10)11)25-35(31(2)3)26-43(48)51(12,13)14;/h16-25,27-28,31,35,43,48H,15,26H2,1-14H3;/q-2;+2/t35-,43-,48?;/m0./s1. The van der Waals surface area contributed by atoms with Crippen LogP contribution in [0.25, 0.3) is 33.3 Å². The normalized spacial score (nSPS) is 17.9. The van der Waals surface area contributed by atoms with Gasteiger partial charge in [-0.3, -0.25) is 4.68 Å². The summed E-state index contributed by atoms with van der Waals surface area (Å²) in [4.78, 5) is 4.81. The molecule has 0 saturated carbocycles. The average molecular weight is 942 g/mol. The van der Waals surface area contributed by atoms with Gasteiger partial charge in [0.2, 0.25) is 0 Å². The molecule has 3 aromatic heterocycles. The molecule has 6 aromatic rings. The van der Waals surface area contributed by atoms with Crippen LogP contribution in [-0.4, -0.2) is 19.3 Å². The van der Waals surface area contributed by atoms with E-state index < -0.39 is 0 Å². The maximum Gasteiger partial charge on any atom is 2.00 e. The quantitative estimate of drug-likeness (QED) is 0.118. The van der Waals surface area contributed by atoms with Gasteiger partial charge in [0.1, 0.15) is 5.82 Å². The van der Waals surface area contributed by atoms with Crippen molar-refractivity contribution in [3.8, 4) is 23.0 Å². The Hall–Kier alpha value is -3.95. The predicted molar refractivity (Wildman–Crippen MR) is 234 cm³/mol. The van der Waals surface area contributed by atoms with E-state index in [1.165, 1.54) is 23.2 Å². The summed E-state index contributed by atoms with van der Waals surface area (Å²) in [6.07, 6.45) is 6.65. The van der Waals surface area contributed by atoms with E-state index in [9.17, 15) is 0 Å². The molecule has 57 heavy (non-hydrogen) atoms. The van der Waals surface area contributed by atoms with Crippen LogP contribution >= 0.6 is 0 Å². The first-order valence-corrected chi connectivity index (χ1v) is 20.7. The van der Waals surface area contributed by atoms with Crippen molar-refractivity contribution in [2.45, 2.75) is 121 Å². The molecule has 3 heterocycles. The number of nitrogens with zero attached hydrogens (tertiary/aromatic N) is 4. The van der Waals surface area contributed by atoms with E-state index in [1.54, 1.807) is 5.57 Å². The summed E-state index contributed by atoms with van der Waals surface area (Å²) in [7, 11) is 0. The fourth-order valence-corrected chi connectivity index (χ4v) is 9.00. The third kappa shape index (κ3) is 8.21. The number of aryl methyl sites for hydroxylation is 2. The summed E-state index contributed by atoms with van der Waals surface area (Å²) >= 11 is 0. The number of pyridine rings is 1. The number of benzene rings is 3.